The van der Waals surface area contributed by atoms with E-state index in [4.69, 9.17) is 10.1 Å². The van der Waals surface area contributed by atoms with Gasteiger partial charge in [-0.3, -0.25) is 4.79 Å². The number of ether oxygens (including phenoxy) is 1. The topological polar surface area (TPSA) is 50.1 Å². The fourth-order valence-electron chi connectivity index (χ4n) is 1.58. The first-order valence-corrected chi connectivity index (χ1v) is 5.71. The SMILES string of the molecule is N=C(COc1ccc(C=O)cc1F)c1ccccc1. The first kappa shape index (κ1) is 13.0. The van der Waals surface area contributed by atoms with Crippen molar-refractivity contribution in [2.75, 3.05) is 6.61 Å². The lowest BCUT2D eigenvalue weighted by atomic mass is 10.1. The van der Waals surface area contributed by atoms with Crippen LogP contribution in [0.2, 0.25) is 0 Å². The molecule has 0 atom stereocenters. The zero-order chi connectivity index (χ0) is 13.7. The largest absolute Gasteiger partial charge is 0.484 e. The van der Waals surface area contributed by atoms with E-state index in [-0.39, 0.29) is 23.6 Å². The van der Waals surface area contributed by atoms with Crippen molar-refractivity contribution in [1.82, 2.24) is 0 Å². The van der Waals surface area contributed by atoms with Crippen molar-refractivity contribution >= 4 is 12.0 Å². The third kappa shape index (κ3) is 3.25. The van der Waals surface area contributed by atoms with E-state index in [1.165, 1.54) is 12.1 Å². The summed E-state index contributed by atoms with van der Waals surface area (Å²) in [5.41, 5.74) is 1.25. The van der Waals surface area contributed by atoms with Crippen molar-refractivity contribution < 1.29 is 13.9 Å². The Morgan fingerprint density at radius 2 is 1.95 bits per heavy atom. The maximum absolute atomic E-state index is 13.5. The molecule has 2 aromatic rings. The van der Waals surface area contributed by atoms with E-state index < -0.39 is 5.82 Å². The molecule has 0 unspecified atom stereocenters. The van der Waals surface area contributed by atoms with Crippen LogP contribution in [0.4, 0.5) is 4.39 Å². The minimum Gasteiger partial charge on any atom is -0.484 e. The molecule has 0 saturated carbocycles. The molecular formula is C15H12FNO2. The van der Waals surface area contributed by atoms with E-state index in [9.17, 15) is 9.18 Å². The first-order valence-electron chi connectivity index (χ1n) is 5.71. The minimum atomic E-state index is -0.606. The van der Waals surface area contributed by atoms with Crippen LogP contribution in [0.1, 0.15) is 15.9 Å². The Hall–Kier alpha value is -2.49. The Morgan fingerprint density at radius 1 is 1.21 bits per heavy atom. The Balaban J connectivity index is 2.03. The van der Waals surface area contributed by atoms with Gasteiger partial charge in [0, 0.05) is 5.56 Å². The number of rotatable bonds is 5. The summed E-state index contributed by atoms with van der Waals surface area (Å²) in [5, 5.41) is 7.82. The number of benzene rings is 2. The van der Waals surface area contributed by atoms with E-state index in [1.54, 1.807) is 12.1 Å². The molecular weight excluding hydrogens is 245 g/mol. The lowest BCUT2D eigenvalue weighted by Crippen LogP contribution is -2.12. The van der Waals surface area contributed by atoms with Crippen molar-refractivity contribution in [2.45, 2.75) is 0 Å². The van der Waals surface area contributed by atoms with Crippen molar-refractivity contribution in [2.24, 2.45) is 0 Å². The van der Waals surface area contributed by atoms with Crippen LogP contribution in [0.5, 0.6) is 5.75 Å². The summed E-state index contributed by atoms with van der Waals surface area (Å²) >= 11 is 0. The number of hydrogen-bond donors (Lipinski definition) is 1. The van der Waals surface area contributed by atoms with Gasteiger partial charge in [-0.25, -0.2) is 4.39 Å². The van der Waals surface area contributed by atoms with Crippen LogP contribution in [-0.2, 0) is 0 Å². The molecule has 0 aliphatic carbocycles. The number of carbonyl (C=O) groups excluding carboxylic acids is 1. The highest BCUT2D eigenvalue weighted by Crippen LogP contribution is 2.17. The quantitative estimate of drug-likeness (QED) is 0.661. The molecule has 4 heteroatoms. The molecule has 0 amide bonds. The molecule has 0 bridgehead atoms. The Bertz CT molecular complexity index is 596. The highest BCUT2D eigenvalue weighted by Gasteiger charge is 2.07. The zero-order valence-electron chi connectivity index (χ0n) is 10.1. The highest BCUT2D eigenvalue weighted by atomic mass is 19.1. The predicted molar refractivity (Wildman–Crippen MR) is 70.6 cm³/mol. The van der Waals surface area contributed by atoms with Gasteiger partial charge < -0.3 is 10.1 Å². The molecule has 0 aromatic heterocycles. The molecule has 0 fully saturated rings. The maximum Gasteiger partial charge on any atom is 0.165 e. The molecule has 0 radical (unpaired) electrons. The van der Waals surface area contributed by atoms with E-state index in [2.05, 4.69) is 0 Å². The van der Waals surface area contributed by atoms with Gasteiger partial charge in [0.15, 0.2) is 11.6 Å². The fourth-order valence-corrected chi connectivity index (χ4v) is 1.58. The average Bonchev–Trinajstić information content (AvgIpc) is 2.46. The summed E-state index contributed by atoms with van der Waals surface area (Å²) < 4.78 is 18.8. The monoisotopic (exact) mass is 257 g/mol. The van der Waals surface area contributed by atoms with Gasteiger partial charge in [-0.1, -0.05) is 30.3 Å². The Labute approximate surface area is 110 Å². The van der Waals surface area contributed by atoms with Gasteiger partial charge in [-0.15, -0.1) is 0 Å². The second kappa shape index (κ2) is 5.91. The van der Waals surface area contributed by atoms with Gasteiger partial charge in [0.2, 0.25) is 0 Å². The molecule has 0 saturated heterocycles. The van der Waals surface area contributed by atoms with Gasteiger partial charge >= 0.3 is 0 Å². The van der Waals surface area contributed by atoms with Crippen molar-refractivity contribution in [1.29, 1.82) is 5.41 Å². The lowest BCUT2D eigenvalue weighted by molar-refractivity contribution is 0.112. The van der Waals surface area contributed by atoms with Crippen molar-refractivity contribution in [3.8, 4) is 5.75 Å². The van der Waals surface area contributed by atoms with Crippen LogP contribution >= 0.6 is 0 Å². The van der Waals surface area contributed by atoms with Crippen LogP contribution in [0, 0.1) is 11.2 Å². The summed E-state index contributed by atoms with van der Waals surface area (Å²) in [6.07, 6.45) is 0.568. The molecule has 19 heavy (non-hydrogen) atoms. The predicted octanol–water partition coefficient (Wildman–Crippen LogP) is 3.09. The van der Waals surface area contributed by atoms with Crippen LogP contribution in [-0.4, -0.2) is 18.6 Å². The van der Waals surface area contributed by atoms with Gasteiger partial charge in [0.1, 0.15) is 12.9 Å². The summed E-state index contributed by atoms with van der Waals surface area (Å²) in [6, 6.07) is 13.0. The molecule has 96 valence electrons. The Kier molecular flexibility index (Phi) is 4.03. The number of halogens is 1. The summed E-state index contributed by atoms with van der Waals surface area (Å²) in [7, 11) is 0. The third-order valence-corrected chi connectivity index (χ3v) is 2.59. The molecule has 0 aliphatic heterocycles. The third-order valence-electron chi connectivity index (χ3n) is 2.59. The van der Waals surface area contributed by atoms with Crippen molar-refractivity contribution in [3.63, 3.8) is 0 Å². The molecule has 1 N–H and O–H groups in total. The van der Waals surface area contributed by atoms with Crippen LogP contribution in [0.3, 0.4) is 0 Å². The van der Waals surface area contributed by atoms with Gasteiger partial charge in [0.25, 0.3) is 0 Å². The van der Waals surface area contributed by atoms with Crippen LogP contribution in [0.15, 0.2) is 48.5 Å². The smallest absolute Gasteiger partial charge is 0.165 e. The average molecular weight is 257 g/mol. The molecule has 0 heterocycles. The summed E-state index contributed by atoms with van der Waals surface area (Å²) in [5.74, 6) is -0.572. The first-order chi connectivity index (χ1) is 9.20. The molecule has 3 nitrogen and oxygen atoms in total. The number of carbonyl (C=O) groups is 1. The molecule has 2 aromatic carbocycles. The molecule has 0 spiro atoms. The summed E-state index contributed by atoms with van der Waals surface area (Å²) in [6.45, 7) is -0.0264. The maximum atomic E-state index is 13.5. The molecule has 2 rings (SSSR count). The highest BCUT2D eigenvalue weighted by molar-refractivity contribution is 5.99. The van der Waals surface area contributed by atoms with E-state index >= 15 is 0 Å². The Morgan fingerprint density at radius 3 is 2.58 bits per heavy atom. The van der Waals surface area contributed by atoms with Crippen molar-refractivity contribution in [3.05, 3.63) is 65.5 Å². The normalized spacial score (nSPS) is 9.95. The van der Waals surface area contributed by atoms with E-state index in [1.807, 2.05) is 18.2 Å². The number of hydrogen-bond acceptors (Lipinski definition) is 3. The van der Waals surface area contributed by atoms with Gasteiger partial charge in [0.05, 0.1) is 5.71 Å². The van der Waals surface area contributed by atoms with Crippen LogP contribution < -0.4 is 4.74 Å². The van der Waals surface area contributed by atoms with E-state index in [0.717, 1.165) is 11.6 Å². The molecule has 0 aliphatic rings. The second-order valence-corrected chi connectivity index (χ2v) is 3.94. The summed E-state index contributed by atoms with van der Waals surface area (Å²) in [4.78, 5) is 10.5. The second-order valence-electron chi connectivity index (χ2n) is 3.94. The van der Waals surface area contributed by atoms with Gasteiger partial charge in [-0.2, -0.15) is 0 Å². The number of nitrogens with one attached hydrogen (secondary N) is 1. The van der Waals surface area contributed by atoms with Gasteiger partial charge in [-0.05, 0) is 23.8 Å². The number of aldehydes is 1. The minimum absolute atomic E-state index is 0.0264. The van der Waals surface area contributed by atoms with Crippen LogP contribution in [0.25, 0.3) is 0 Å². The lowest BCUT2D eigenvalue weighted by Gasteiger charge is -2.08. The van der Waals surface area contributed by atoms with E-state index in [0.29, 0.717) is 6.29 Å². The standard InChI is InChI=1S/C15H12FNO2/c16-13-8-11(9-18)6-7-15(13)19-10-14(17)12-4-2-1-3-5-12/h1-9,17H,10H2. The fraction of sp³-hybridized carbons (Fsp3) is 0.0667. The zero-order valence-corrected chi connectivity index (χ0v) is 10.1.